The Morgan fingerprint density at radius 2 is 1.89 bits per heavy atom. The van der Waals surface area contributed by atoms with Crippen LogP contribution in [0.15, 0.2) is 11.6 Å². The lowest BCUT2D eigenvalue weighted by Gasteiger charge is -2.36. The van der Waals surface area contributed by atoms with E-state index in [0.29, 0.717) is 6.61 Å². The minimum atomic E-state index is -1.73. The summed E-state index contributed by atoms with van der Waals surface area (Å²) in [6.07, 6.45) is 4.95. The number of allylic oxidation sites excluding steroid dienone is 1. The lowest BCUT2D eigenvalue weighted by Crippen LogP contribution is -2.42. The van der Waals surface area contributed by atoms with E-state index in [1.807, 2.05) is 6.08 Å². The lowest BCUT2D eigenvalue weighted by molar-refractivity contribution is 0.134. The molecule has 0 aromatic carbocycles. The number of unbranched alkanes of at least 4 members (excludes halogenated alkanes) is 1. The van der Waals surface area contributed by atoms with Gasteiger partial charge in [0.1, 0.15) is 0 Å². The molecule has 0 aliphatic heterocycles. The Morgan fingerprint density at radius 3 is 2.33 bits per heavy atom. The van der Waals surface area contributed by atoms with Gasteiger partial charge in [-0.2, -0.15) is 0 Å². The van der Waals surface area contributed by atoms with E-state index in [0.717, 1.165) is 6.42 Å². The molecular weight excluding hydrogens is 240 g/mol. The van der Waals surface area contributed by atoms with Crippen LogP contribution in [0.4, 0.5) is 0 Å². The molecule has 0 aromatic rings. The van der Waals surface area contributed by atoms with Crippen molar-refractivity contribution in [3.05, 3.63) is 11.6 Å². The monoisotopic (exact) mass is 272 g/mol. The Kier molecular flexibility index (Phi) is 7.41. The van der Waals surface area contributed by atoms with Crippen LogP contribution in [0.1, 0.15) is 53.9 Å². The minimum Gasteiger partial charge on any atom is -0.414 e. The van der Waals surface area contributed by atoms with Gasteiger partial charge in [0, 0.05) is 0 Å². The van der Waals surface area contributed by atoms with E-state index in [1.54, 1.807) is 0 Å². The molecule has 18 heavy (non-hydrogen) atoms. The first-order valence-electron chi connectivity index (χ1n) is 7.09. The fourth-order valence-electron chi connectivity index (χ4n) is 1.43. The van der Waals surface area contributed by atoms with Crippen molar-refractivity contribution < 1.29 is 9.53 Å². The molecule has 0 bridgehead atoms. The SMILES string of the molecule is CCCC/C(C)=C\C(O)CO[Si](C)(C)C(C)(C)C. The number of aliphatic hydroxyl groups excluding tert-OH is 1. The Hall–Kier alpha value is -0.123. The highest BCUT2D eigenvalue weighted by Crippen LogP contribution is 2.36. The first-order valence-corrected chi connectivity index (χ1v) is 10.0. The van der Waals surface area contributed by atoms with Gasteiger partial charge >= 0.3 is 0 Å². The van der Waals surface area contributed by atoms with Crippen LogP contribution in [-0.2, 0) is 4.43 Å². The third-order valence-corrected chi connectivity index (χ3v) is 8.32. The molecule has 0 saturated carbocycles. The highest BCUT2D eigenvalue weighted by atomic mass is 28.4. The first kappa shape index (κ1) is 17.9. The molecule has 0 fully saturated rings. The van der Waals surface area contributed by atoms with Gasteiger partial charge in [-0.25, -0.2) is 0 Å². The standard InChI is InChI=1S/C15H32O2Si/c1-8-9-10-13(2)11-14(16)12-17-18(6,7)15(3,4)5/h11,14,16H,8-10,12H2,1-7H3/b13-11-. The van der Waals surface area contributed by atoms with Gasteiger partial charge in [0.05, 0.1) is 12.7 Å². The van der Waals surface area contributed by atoms with Crippen molar-refractivity contribution in [1.29, 1.82) is 0 Å². The van der Waals surface area contributed by atoms with Crippen molar-refractivity contribution in [3.63, 3.8) is 0 Å². The Labute approximate surface area is 115 Å². The smallest absolute Gasteiger partial charge is 0.192 e. The molecule has 0 amide bonds. The number of rotatable bonds is 7. The summed E-state index contributed by atoms with van der Waals surface area (Å²) >= 11 is 0. The number of hydrogen-bond acceptors (Lipinski definition) is 2. The van der Waals surface area contributed by atoms with Gasteiger partial charge in [0.2, 0.25) is 0 Å². The predicted octanol–water partition coefficient (Wildman–Crippen LogP) is 4.51. The summed E-state index contributed by atoms with van der Waals surface area (Å²) in [4.78, 5) is 0. The first-order chi connectivity index (χ1) is 8.10. The summed E-state index contributed by atoms with van der Waals surface area (Å²) in [5.41, 5.74) is 1.27. The van der Waals surface area contributed by atoms with Crippen molar-refractivity contribution in [1.82, 2.24) is 0 Å². The van der Waals surface area contributed by atoms with Crippen molar-refractivity contribution in [2.24, 2.45) is 0 Å². The fourth-order valence-corrected chi connectivity index (χ4v) is 2.45. The Balaban J connectivity index is 4.22. The van der Waals surface area contributed by atoms with Gasteiger partial charge < -0.3 is 9.53 Å². The summed E-state index contributed by atoms with van der Waals surface area (Å²) in [7, 11) is -1.73. The molecule has 0 rings (SSSR count). The average molecular weight is 273 g/mol. The predicted molar refractivity (Wildman–Crippen MR) is 82.4 cm³/mol. The zero-order chi connectivity index (χ0) is 14.4. The zero-order valence-electron chi connectivity index (χ0n) is 13.3. The van der Waals surface area contributed by atoms with Crippen LogP contribution in [0.25, 0.3) is 0 Å². The summed E-state index contributed by atoms with van der Waals surface area (Å²) < 4.78 is 6.01. The average Bonchev–Trinajstić information content (AvgIpc) is 2.22. The van der Waals surface area contributed by atoms with Crippen molar-refractivity contribution in [2.45, 2.75) is 78.1 Å². The highest BCUT2D eigenvalue weighted by molar-refractivity contribution is 6.74. The maximum atomic E-state index is 9.97. The highest BCUT2D eigenvalue weighted by Gasteiger charge is 2.37. The summed E-state index contributed by atoms with van der Waals surface area (Å²) in [5, 5.41) is 10.2. The van der Waals surface area contributed by atoms with E-state index in [2.05, 4.69) is 47.7 Å². The van der Waals surface area contributed by atoms with Crippen molar-refractivity contribution in [2.75, 3.05) is 6.61 Å². The molecule has 108 valence electrons. The largest absolute Gasteiger partial charge is 0.414 e. The molecule has 2 nitrogen and oxygen atoms in total. The third-order valence-electron chi connectivity index (χ3n) is 3.82. The van der Waals surface area contributed by atoms with Gasteiger partial charge in [-0.15, -0.1) is 0 Å². The molecule has 0 radical (unpaired) electrons. The summed E-state index contributed by atoms with van der Waals surface area (Å²) in [6, 6.07) is 0. The van der Waals surface area contributed by atoms with Crippen LogP contribution in [-0.4, -0.2) is 26.1 Å². The van der Waals surface area contributed by atoms with E-state index in [1.165, 1.54) is 18.4 Å². The van der Waals surface area contributed by atoms with Gasteiger partial charge in [-0.1, -0.05) is 45.8 Å². The van der Waals surface area contributed by atoms with Crippen molar-refractivity contribution >= 4 is 8.32 Å². The van der Waals surface area contributed by atoms with E-state index in [-0.39, 0.29) is 5.04 Å². The van der Waals surface area contributed by atoms with Crippen LogP contribution in [0.3, 0.4) is 0 Å². The summed E-state index contributed by atoms with van der Waals surface area (Å²) in [5.74, 6) is 0. The van der Waals surface area contributed by atoms with Crippen LogP contribution >= 0.6 is 0 Å². The van der Waals surface area contributed by atoms with E-state index in [4.69, 9.17) is 4.43 Å². The van der Waals surface area contributed by atoms with Crippen molar-refractivity contribution in [3.8, 4) is 0 Å². The molecule has 1 N–H and O–H groups in total. The lowest BCUT2D eigenvalue weighted by atomic mass is 10.1. The maximum Gasteiger partial charge on any atom is 0.192 e. The second-order valence-electron chi connectivity index (χ2n) is 6.76. The topological polar surface area (TPSA) is 29.5 Å². The summed E-state index contributed by atoms with van der Waals surface area (Å²) in [6.45, 7) is 15.8. The Bertz CT molecular complexity index is 264. The van der Waals surface area contributed by atoms with Crippen LogP contribution < -0.4 is 0 Å². The van der Waals surface area contributed by atoms with E-state index >= 15 is 0 Å². The fraction of sp³-hybridized carbons (Fsp3) is 0.867. The van der Waals surface area contributed by atoms with E-state index < -0.39 is 14.4 Å². The molecule has 0 aromatic heterocycles. The van der Waals surface area contributed by atoms with Gasteiger partial charge in [0.15, 0.2) is 8.32 Å². The molecular formula is C15H32O2Si. The normalized spacial score (nSPS) is 15.9. The molecule has 0 saturated heterocycles. The van der Waals surface area contributed by atoms with Crippen LogP contribution in [0.5, 0.6) is 0 Å². The molecule has 0 aliphatic rings. The maximum absolute atomic E-state index is 9.97. The second kappa shape index (κ2) is 7.46. The van der Waals surface area contributed by atoms with Gasteiger partial charge in [0.25, 0.3) is 0 Å². The van der Waals surface area contributed by atoms with Gasteiger partial charge in [-0.05, 0) is 37.9 Å². The molecule has 1 atom stereocenters. The van der Waals surface area contributed by atoms with Gasteiger partial charge in [-0.3, -0.25) is 0 Å². The Morgan fingerprint density at radius 1 is 1.33 bits per heavy atom. The van der Waals surface area contributed by atoms with E-state index in [9.17, 15) is 5.11 Å². The number of aliphatic hydroxyl groups is 1. The minimum absolute atomic E-state index is 0.202. The zero-order valence-corrected chi connectivity index (χ0v) is 14.3. The second-order valence-corrected chi connectivity index (χ2v) is 11.6. The van der Waals surface area contributed by atoms with Crippen LogP contribution in [0, 0.1) is 0 Å². The third kappa shape index (κ3) is 6.71. The molecule has 0 aliphatic carbocycles. The molecule has 0 spiro atoms. The molecule has 1 unspecified atom stereocenters. The quantitative estimate of drug-likeness (QED) is 0.546. The molecule has 3 heteroatoms. The van der Waals surface area contributed by atoms with Crippen LogP contribution in [0.2, 0.25) is 18.1 Å². The molecule has 0 heterocycles. The number of hydrogen-bond donors (Lipinski definition) is 1.